The zero-order chi connectivity index (χ0) is 17.3. The molecule has 1 amide bonds. The normalized spacial score (nSPS) is 17.1. The number of nitrogens with one attached hydrogen (secondary N) is 1. The zero-order valence-electron chi connectivity index (χ0n) is 14.7. The Morgan fingerprint density at radius 2 is 2.00 bits per heavy atom. The van der Waals surface area contributed by atoms with Crippen LogP contribution >= 0.6 is 0 Å². The fraction of sp³-hybridized carbons (Fsp3) is 0.529. The van der Waals surface area contributed by atoms with Crippen LogP contribution in [0.4, 0.5) is 11.5 Å². The highest BCUT2D eigenvalue weighted by atomic mass is 16.2. The molecule has 3 heterocycles. The van der Waals surface area contributed by atoms with Crippen molar-refractivity contribution in [3.63, 3.8) is 0 Å². The summed E-state index contributed by atoms with van der Waals surface area (Å²) in [4.78, 5) is 28.1. The smallest absolute Gasteiger partial charge is 0.247 e. The standard InChI is InChI=1S/C17H24N6O/c1-5-12(6-2)23-14(7-3)16(24)20-13-10-19-17(21-15(13)23)22-9-8-18-11(22)4/h8-10,12,14H,5-7H2,1-4H3,(H,20,24). The molecule has 128 valence electrons. The SMILES string of the molecule is CCC(CC)N1c2nc(-n3ccnc3C)ncc2NC(=O)C1CC. The van der Waals surface area contributed by atoms with Crippen LogP contribution in [0.5, 0.6) is 0 Å². The number of hydrogen-bond acceptors (Lipinski definition) is 5. The van der Waals surface area contributed by atoms with E-state index in [-0.39, 0.29) is 18.0 Å². The summed E-state index contributed by atoms with van der Waals surface area (Å²) in [5.41, 5.74) is 0.679. The van der Waals surface area contributed by atoms with Gasteiger partial charge in [-0.15, -0.1) is 0 Å². The number of amides is 1. The Hall–Kier alpha value is -2.44. The lowest BCUT2D eigenvalue weighted by atomic mass is 10.0. The number of imidazole rings is 1. The number of anilines is 2. The molecule has 1 aliphatic rings. The maximum atomic E-state index is 12.5. The highest BCUT2D eigenvalue weighted by molar-refractivity contribution is 6.02. The lowest BCUT2D eigenvalue weighted by Crippen LogP contribution is -2.52. The predicted octanol–water partition coefficient (Wildman–Crippen LogP) is 2.70. The van der Waals surface area contributed by atoms with E-state index in [1.807, 2.05) is 24.6 Å². The lowest BCUT2D eigenvalue weighted by Gasteiger charge is -2.41. The van der Waals surface area contributed by atoms with Crippen molar-refractivity contribution in [3.05, 3.63) is 24.4 Å². The van der Waals surface area contributed by atoms with Crippen LogP contribution in [0.3, 0.4) is 0 Å². The van der Waals surface area contributed by atoms with Gasteiger partial charge < -0.3 is 10.2 Å². The van der Waals surface area contributed by atoms with Crippen molar-refractivity contribution in [2.24, 2.45) is 0 Å². The van der Waals surface area contributed by atoms with Crippen LogP contribution in [0.25, 0.3) is 5.95 Å². The molecule has 0 aromatic carbocycles. The van der Waals surface area contributed by atoms with E-state index in [1.165, 1.54) is 0 Å². The van der Waals surface area contributed by atoms with Crippen molar-refractivity contribution >= 4 is 17.4 Å². The van der Waals surface area contributed by atoms with Gasteiger partial charge in [-0.3, -0.25) is 9.36 Å². The first kappa shape index (κ1) is 16.4. The number of carbonyl (C=O) groups is 1. The van der Waals surface area contributed by atoms with Crippen LogP contribution in [0.1, 0.15) is 45.9 Å². The van der Waals surface area contributed by atoms with E-state index in [9.17, 15) is 4.79 Å². The summed E-state index contributed by atoms with van der Waals surface area (Å²) in [6.45, 7) is 8.25. The maximum absolute atomic E-state index is 12.5. The second-order valence-corrected chi connectivity index (χ2v) is 6.04. The summed E-state index contributed by atoms with van der Waals surface area (Å²) < 4.78 is 1.85. The fourth-order valence-electron chi connectivity index (χ4n) is 3.34. The highest BCUT2D eigenvalue weighted by Gasteiger charge is 2.36. The first-order chi connectivity index (χ1) is 11.6. The molecule has 0 bridgehead atoms. The van der Waals surface area contributed by atoms with E-state index in [1.54, 1.807) is 12.4 Å². The summed E-state index contributed by atoms with van der Waals surface area (Å²) in [5.74, 6) is 2.22. The van der Waals surface area contributed by atoms with Gasteiger partial charge in [0, 0.05) is 18.4 Å². The molecule has 0 spiro atoms. The average Bonchev–Trinajstić information content (AvgIpc) is 3.01. The van der Waals surface area contributed by atoms with Crippen molar-refractivity contribution in [3.8, 4) is 5.95 Å². The Labute approximate surface area is 142 Å². The lowest BCUT2D eigenvalue weighted by molar-refractivity contribution is -0.117. The van der Waals surface area contributed by atoms with E-state index < -0.39 is 0 Å². The summed E-state index contributed by atoms with van der Waals surface area (Å²) >= 11 is 0. The number of aromatic nitrogens is 4. The minimum absolute atomic E-state index is 0.0204. The Balaban J connectivity index is 2.12. The van der Waals surface area contributed by atoms with Gasteiger partial charge in [-0.25, -0.2) is 9.97 Å². The van der Waals surface area contributed by atoms with E-state index in [4.69, 9.17) is 4.98 Å². The van der Waals surface area contributed by atoms with Crippen molar-refractivity contribution < 1.29 is 4.79 Å². The van der Waals surface area contributed by atoms with Crippen LogP contribution in [-0.2, 0) is 4.79 Å². The summed E-state index contributed by atoms with van der Waals surface area (Å²) in [7, 11) is 0. The van der Waals surface area contributed by atoms with Gasteiger partial charge in [0.25, 0.3) is 0 Å². The molecule has 0 fully saturated rings. The Morgan fingerprint density at radius 3 is 2.58 bits per heavy atom. The molecule has 2 aromatic heterocycles. The van der Waals surface area contributed by atoms with Crippen LogP contribution < -0.4 is 10.2 Å². The zero-order valence-corrected chi connectivity index (χ0v) is 14.7. The van der Waals surface area contributed by atoms with Gasteiger partial charge in [-0.1, -0.05) is 20.8 Å². The van der Waals surface area contributed by atoms with Crippen LogP contribution in [0.15, 0.2) is 18.6 Å². The molecule has 0 aliphatic carbocycles. The minimum Gasteiger partial charge on any atom is -0.340 e. The maximum Gasteiger partial charge on any atom is 0.247 e. The molecule has 0 saturated heterocycles. The van der Waals surface area contributed by atoms with Gasteiger partial charge in [-0.2, -0.15) is 4.98 Å². The predicted molar refractivity (Wildman–Crippen MR) is 93.4 cm³/mol. The molecular formula is C17H24N6O. The van der Waals surface area contributed by atoms with Crippen LogP contribution in [-0.4, -0.2) is 37.5 Å². The molecule has 3 rings (SSSR count). The molecule has 7 heteroatoms. The molecular weight excluding hydrogens is 304 g/mol. The van der Waals surface area contributed by atoms with Crippen molar-refractivity contribution in [2.45, 2.75) is 59.0 Å². The fourth-order valence-corrected chi connectivity index (χ4v) is 3.34. The molecule has 2 aromatic rings. The summed E-state index contributed by atoms with van der Waals surface area (Å²) in [5, 5.41) is 2.95. The molecule has 1 aliphatic heterocycles. The van der Waals surface area contributed by atoms with Gasteiger partial charge in [-0.05, 0) is 26.2 Å². The van der Waals surface area contributed by atoms with Crippen molar-refractivity contribution in [2.75, 3.05) is 10.2 Å². The largest absolute Gasteiger partial charge is 0.340 e. The minimum atomic E-state index is -0.200. The van der Waals surface area contributed by atoms with E-state index in [2.05, 4.69) is 34.0 Å². The van der Waals surface area contributed by atoms with Gasteiger partial charge in [0.05, 0.1) is 6.20 Å². The second kappa shape index (κ2) is 6.59. The number of hydrogen-bond donors (Lipinski definition) is 1. The monoisotopic (exact) mass is 328 g/mol. The summed E-state index contributed by atoms with van der Waals surface area (Å²) in [6, 6.07) is 0.0698. The molecule has 24 heavy (non-hydrogen) atoms. The number of nitrogens with zero attached hydrogens (tertiary/aromatic N) is 5. The van der Waals surface area contributed by atoms with Crippen LogP contribution in [0, 0.1) is 6.92 Å². The van der Waals surface area contributed by atoms with Gasteiger partial charge >= 0.3 is 0 Å². The van der Waals surface area contributed by atoms with Gasteiger partial charge in [0.1, 0.15) is 17.6 Å². The van der Waals surface area contributed by atoms with E-state index >= 15 is 0 Å². The topological polar surface area (TPSA) is 75.9 Å². The number of fused-ring (bicyclic) bond motifs is 1. The Bertz CT molecular complexity index is 736. The molecule has 0 radical (unpaired) electrons. The third-order valence-corrected chi connectivity index (χ3v) is 4.66. The quantitative estimate of drug-likeness (QED) is 0.913. The van der Waals surface area contributed by atoms with Crippen molar-refractivity contribution in [1.82, 2.24) is 19.5 Å². The van der Waals surface area contributed by atoms with E-state index in [0.29, 0.717) is 11.6 Å². The number of rotatable bonds is 5. The molecule has 1 unspecified atom stereocenters. The third-order valence-electron chi connectivity index (χ3n) is 4.66. The highest BCUT2D eigenvalue weighted by Crippen LogP contribution is 2.34. The summed E-state index contributed by atoms with van der Waals surface area (Å²) in [6.07, 6.45) is 7.93. The van der Waals surface area contributed by atoms with Gasteiger partial charge in [0.2, 0.25) is 11.9 Å². The Morgan fingerprint density at radius 1 is 1.25 bits per heavy atom. The molecule has 1 N–H and O–H groups in total. The van der Waals surface area contributed by atoms with Gasteiger partial charge in [0.15, 0.2) is 5.82 Å². The third kappa shape index (κ3) is 2.64. The Kier molecular flexibility index (Phi) is 4.51. The average molecular weight is 328 g/mol. The van der Waals surface area contributed by atoms with Crippen LogP contribution in [0.2, 0.25) is 0 Å². The first-order valence-electron chi connectivity index (χ1n) is 8.57. The molecule has 1 atom stereocenters. The number of aryl methyl sites for hydroxylation is 1. The van der Waals surface area contributed by atoms with E-state index in [0.717, 1.165) is 30.9 Å². The first-order valence-corrected chi connectivity index (χ1v) is 8.57. The second-order valence-electron chi connectivity index (χ2n) is 6.04. The molecule has 7 nitrogen and oxygen atoms in total. The number of carbonyl (C=O) groups excluding carboxylic acids is 1. The van der Waals surface area contributed by atoms with Crippen molar-refractivity contribution in [1.29, 1.82) is 0 Å². The molecule has 0 saturated carbocycles.